The standard InChI is InChI=1S/C22H26N2O7/c1-29-17-10-8-15(9-11-17)12-18(21(27)30-2)23-20(26)19(13-25)24-22(28)31-14-16-6-4-3-5-7-16/h3-11,18-19,25H,12-14H2,1-2H3,(H,23,26)(H,24,28)/t18-,19-/m0/s1. The zero-order valence-corrected chi connectivity index (χ0v) is 17.4. The number of benzene rings is 2. The first-order chi connectivity index (χ1) is 15.0. The normalized spacial score (nSPS) is 12.2. The van der Waals surface area contributed by atoms with E-state index >= 15 is 0 Å². The minimum atomic E-state index is -1.30. The number of amides is 2. The van der Waals surface area contributed by atoms with Crippen molar-refractivity contribution in [2.45, 2.75) is 25.1 Å². The van der Waals surface area contributed by atoms with Gasteiger partial charge in [0.2, 0.25) is 5.91 Å². The summed E-state index contributed by atoms with van der Waals surface area (Å²) in [5.74, 6) is -0.753. The SMILES string of the molecule is COC(=O)[C@H](Cc1ccc(OC)cc1)NC(=O)[C@H](CO)NC(=O)OCc1ccccc1. The Hall–Kier alpha value is -3.59. The van der Waals surface area contributed by atoms with Gasteiger partial charge in [-0.2, -0.15) is 0 Å². The fourth-order valence-electron chi connectivity index (χ4n) is 2.71. The third-order valence-corrected chi connectivity index (χ3v) is 4.40. The highest BCUT2D eigenvalue weighted by atomic mass is 16.5. The first-order valence-corrected chi connectivity index (χ1v) is 9.56. The summed E-state index contributed by atoms with van der Waals surface area (Å²) in [5, 5.41) is 14.3. The van der Waals surface area contributed by atoms with Gasteiger partial charge >= 0.3 is 12.1 Å². The molecule has 0 spiro atoms. The Labute approximate surface area is 180 Å². The van der Waals surface area contributed by atoms with Gasteiger partial charge in [-0.25, -0.2) is 9.59 Å². The number of ether oxygens (including phenoxy) is 3. The fraction of sp³-hybridized carbons (Fsp3) is 0.318. The molecule has 0 fully saturated rings. The van der Waals surface area contributed by atoms with Crippen LogP contribution < -0.4 is 15.4 Å². The van der Waals surface area contributed by atoms with Gasteiger partial charge in [0.1, 0.15) is 24.4 Å². The molecule has 0 unspecified atom stereocenters. The fourth-order valence-corrected chi connectivity index (χ4v) is 2.71. The molecule has 31 heavy (non-hydrogen) atoms. The number of aliphatic hydroxyl groups is 1. The molecule has 0 heterocycles. The molecule has 9 nitrogen and oxygen atoms in total. The lowest BCUT2D eigenvalue weighted by Crippen LogP contribution is -2.54. The van der Waals surface area contributed by atoms with Crippen molar-refractivity contribution in [3.05, 3.63) is 65.7 Å². The second kappa shape index (κ2) is 12.2. The van der Waals surface area contributed by atoms with Gasteiger partial charge < -0.3 is 30.0 Å². The molecule has 0 aliphatic heterocycles. The quantitative estimate of drug-likeness (QED) is 0.484. The van der Waals surface area contributed by atoms with Crippen molar-refractivity contribution in [3.63, 3.8) is 0 Å². The third kappa shape index (κ3) is 7.63. The molecule has 9 heteroatoms. The molecule has 0 aliphatic carbocycles. The summed E-state index contributed by atoms with van der Waals surface area (Å²) >= 11 is 0. The molecule has 0 saturated carbocycles. The molecule has 2 atom stereocenters. The summed E-state index contributed by atoms with van der Waals surface area (Å²) in [6.07, 6.45) is -0.721. The van der Waals surface area contributed by atoms with E-state index in [1.807, 2.05) is 6.07 Å². The van der Waals surface area contributed by atoms with Crippen LogP contribution in [0.4, 0.5) is 4.79 Å². The molecule has 0 saturated heterocycles. The molecule has 2 aromatic rings. The number of alkyl carbamates (subject to hydrolysis) is 1. The van der Waals surface area contributed by atoms with Crippen molar-refractivity contribution in [2.75, 3.05) is 20.8 Å². The molecule has 166 valence electrons. The van der Waals surface area contributed by atoms with Crippen LogP contribution in [0.5, 0.6) is 5.75 Å². The average molecular weight is 430 g/mol. The van der Waals surface area contributed by atoms with Crippen molar-refractivity contribution in [2.24, 2.45) is 0 Å². The van der Waals surface area contributed by atoms with Gasteiger partial charge in [-0.15, -0.1) is 0 Å². The van der Waals surface area contributed by atoms with Gasteiger partial charge in [-0.3, -0.25) is 4.79 Å². The van der Waals surface area contributed by atoms with Crippen molar-refractivity contribution in [1.29, 1.82) is 0 Å². The average Bonchev–Trinajstić information content (AvgIpc) is 2.81. The van der Waals surface area contributed by atoms with Crippen molar-refractivity contribution >= 4 is 18.0 Å². The minimum absolute atomic E-state index is 0.00863. The van der Waals surface area contributed by atoms with Gasteiger partial charge in [-0.1, -0.05) is 42.5 Å². The number of hydrogen-bond acceptors (Lipinski definition) is 7. The Kier molecular flexibility index (Phi) is 9.31. The summed E-state index contributed by atoms with van der Waals surface area (Å²) in [4.78, 5) is 36.7. The molecule has 2 amide bonds. The van der Waals surface area contributed by atoms with E-state index in [9.17, 15) is 19.5 Å². The van der Waals surface area contributed by atoms with E-state index in [1.54, 1.807) is 55.6 Å². The summed E-state index contributed by atoms with van der Waals surface area (Å²) < 4.78 is 14.9. The maximum absolute atomic E-state index is 12.5. The minimum Gasteiger partial charge on any atom is -0.497 e. The smallest absolute Gasteiger partial charge is 0.408 e. The van der Waals surface area contributed by atoms with Gasteiger partial charge in [0.25, 0.3) is 0 Å². The van der Waals surface area contributed by atoms with Crippen molar-refractivity contribution in [3.8, 4) is 5.75 Å². The van der Waals surface area contributed by atoms with E-state index in [1.165, 1.54) is 7.11 Å². The topological polar surface area (TPSA) is 123 Å². The van der Waals surface area contributed by atoms with Gasteiger partial charge in [0.05, 0.1) is 20.8 Å². The Morgan fingerprint density at radius 2 is 1.58 bits per heavy atom. The zero-order chi connectivity index (χ0) is 22.6. The van der Waals surface area contributed by atoms with Crippen LogP contribution in [0.15, 0.2) is 54.6 Å². The first-order valence-electron chi connectivity index (χ1n) is 9.56. The molecular weight excluding hydrogens is 404 g/mol. The number of rotatable bonds is 10. The number of nitrogens with one attached hydrogen (secondary N) is 2. The van der Waals surface area contributed by atoms with Crippen LogP contribution in [0.3, 0.4) is 0 Å². The van der Waals surface area contributed by atoms with Gasteiger partial charge in [0, 0.05) is 6.42 Å². The lowest BCUT2D eigenvalue weighted by atomic mass is 10.1. The number of methoxy groups -OCH3 is 2. The predicted octanol–water partition coefficient (Wildman–Crippen LogP) is 1.18. The Bertz CT molecular complexity index is 856. The van der Waals surface area contributed by atoms with E-state index in [0.29, 0.717) is 5.75 Å². The number of carbonyl (C=O) groups excluding carboxylic acids is 3. The van der Waals surface area contributed by atoms with E-state index in [-0.39, 0.29) is 13.0 Å². The second-order valence-electron chi connectivity index (χ2n) is 6.58. The van der Waals surface area contributed by atoms with E-state index in [0.717, 1.165) is 11.1 Å². The third-order valence-electron chi connectivity index (χ3n) is 4.40. The van der Waals surface area contributed by atoms with E-state index in [4.69, 9.17) is 14.2 Å². The van der Waals surface area contributed by atoms with Crippen LogP contribution in [0, 0.1) is 0 Å². The highest BCUT2D eigenvalue weighted by molar-refractivity contribution is 5.89. The van der Waals surface area contributed by atoms with Crippen LogP contribution >= 0.6 is 0 Å². The maximum atomic E-state index is 12.5. The number of hydrogen-bond donors (Lipinski definition) is 3. The lowest BCUT2D eigenvalue weighted by Gasteiger charge is -2.21. The highest BCUT2D eigenvalue weighted by Gasteiger charge is 2.27. The molecular formula is C22H26N2O7. The van der Waals surface area contributed by atoms with Crippen LogP contribution in [0.2, 0.25) is 0 Å². The lowest BCUT2D eigenvalue weighted by molar-refractivity contribution is -0.145. The zero-order valence-electron chi connectivity index (χ0n) is 17.4. The summed E-state index contributed by atoms with van der Waals surface area (Å²) in [6.45, 7) is -0.669. The molecule has 2 aromatic carbocycles. The largest absolute Gasteiger partial charge is 0.497 e. The van der Waals surface area contributed by atoms with Crippen molar-refractivity contribution < 1.29 is 33.7 Å². The molecule has 0 bridgehead atoms. The second-order valence-corrected chi connectivity index (χ2v) is 6.58. The maximum Gasteiger partial charge on any atom is 0.408 e. The molecule has 3 N–H and O–H groups in total. The number of carbonyl (C=O) groups is 3. The first kappa shape index (κ1) is 23.7. The predicted molar refractivity (Wildman–Crippen MR) is 111 cm³/mol. The summed E-state index contributed by atoms with van der Waals surface area (Å²) in [6, 6.07) is 13.7. The highest BCUT2D eigenvalue weighted by Crippen LogP contribution is 2.13. The number of esters is 1. The Morgan fingerprint density at radius 1 is 0.903 bits per heavy atom. The number of aliphatic hydroxyl groups excluding tert-OH is 1. The van der Waals surface area contributed by atoms with E-state index in [2.05, 4.69) is 10.6 Å². The van der Waals surface area contributed by atoms with Crippen molar-refractivity contribution in [1.82, 2.24) is 10.6 Å². The Morgan fingerprint density at radius 3 is 2.16 bits per heavy atom. The summed E-state index contributed by atoms with van der Waals surface area (Å²) in [7, 11) is 2.75. The molecule has 0 radical (unpaired) electrons. The van der Waals surface area contributed by atoms with Crippen LogP contribution in [0.25, 0.3) is 0 Å². The monoisotopic (exact) mass is 430 g/mol. The molecule has 0 aliphatic rings. The van der Waals surface area contributed by atoms with Crippen LogP contribution in [-0.2, 0) is 32.1 Å². The van der Waals surface area contributed by atoms with Crippen LogP contribution in [0.1, 0.15) is 11.1 Å². The van der Waals surface area contributed by atoms with Crippen LogP contribution in [-0.4, -0.2) is 56.0 Å². The Balaban J connectivity index is 1.95. The van der Waals surface area contributed by atoms with E-state index < -0.39 is 36.7 Å². The van der Waals surface area contributed by atoms with Gasteiger partial charge in [0.15, 0.2) is 0 Å². The molecule has 2 rings (SSSR count). The van der Waals surface area contributed by atoms with Gasteiger partial charge in [-0.05, 0) is 23.3 Å². The molecule has 0 aromatic heterocycles. The summed E-state index contributed by atoms with van der Waals surface area (Å²) in [5.41, 5.74) is 1.53.